The maximum Gasteiger partial charge on any atom is 0.235 e. The molecule has 1 atom stereocenters. The molecule has 0 spiro atoms. The monoisotopic (exact) mass is 363 g/mol. The van der Waals surface area contributed by atoms with Crippen LogP contribution in [-0.2, 0) is 11.3 Å². The van der Waals surface area contributed by atoms with E-state index in [9.17, 15) is 4.79 Å². The molecule has 0 bridgehead atoms. The Morgan fingerprint density at radius 1 is 1.32 bits per heavy atom. The zero-order valence-electron chi connectivity index (χ0n) is 15.0. The summed E-state index contributed by atoms with van der Waals surface area (Å²) in [6, 6.07) is 3.83. The van der Waals surface area contributed by atoms with Crippen molar-refractivity contribution >= 4 is 23.6 Å². The summed E-state index contributed by atoms with van der Waals surface area (Å²) in [5.41, 5.74) is 0. The summed E-state index contributed by atoms with van der Waals surface area (Å²) in [5, 5.41) is 9.34. The van der Waals surface area contributed by atoms with Gasteiger partial charge in [0.25, 0.3) is 0 Å². The van der Waals surface area contributed by atoms with Crippen LogP contribution in [0.3, 0.4) is 0 Å². The average molecular weight is 363 g/mol. The van der Waals surface area contributed by atoms with Gasteiger partial charge in [-0.1, -0.05) is 11.8 Å². The highest BCUT2D eigenvalue weighted by Gasteiger charge is 2.24. The van der Waals surface area contributed by atoms with Crippen LogP contribution >= 0.6 is 11.8 Å². The van der Waals surface area contributed by atoms with E-state index in [1.165, 1.54) is 31.0 Å². The fraction of sp³-hybridized carbons (Fsp3) is 0.588. The number of hydrogen-bond acceptors (Lipinski definition) is 6. The summed E-state index contributed by atoms with van der Waals surface area (Å²) in [5.74, 6) is 1.78. The molecule has 1 amide bonds. The molecule has 0 aliphatic carbocycles. The van der Waals surface area contributed by atoms with Crippen LogP contribution < -0.4 is 4.90 Å². The second-order valence-electron chi connectivity index (χ2n) is 6.49. The molecule has 1 unspecified atom stereocenters. The van der Waals surface area contributed by atoms with Gasteiger partial charge in [0.1, 0.15) is 5.76 Å². The van der Waals surface area contributed by atoms with Crippen molar-refractivity contribution in [3.63, 3.8) is 0 Å². The van der Waals surface area contributed by atoms with Crippen LogP contribution in [0.2, 0.25) is 0 Å². The third-order valence-corrected chi connectivity index (χ3v) is 5.37. The Kier molecular flexibility index (Phi) is 5.67. The van der Waals surface area contributed by atoms with Gasteiger partial charge in [-0.25, -0.2) is 0 Å². The molecule has 1 aliphatic heterocycles. The molecule has 1 saturated heterocycles. The molecule has 0 N–H and O–H groups in total. The van der Waals surface area contributed by atoms with E-state index in [0.29, 0.717) is 6.54 Å². The molecule has 3 rings (SSSR count). The van der Waals surface area contributed by atoms with Crippen molar-refractivity contribution < 1.29 is 9.21 Å². The lowest BCUT2D eigenvalue weighted by Gasteiger charge is -2.27. The molecular weight excluding hydrogens is 338 g/mol. The Morgan fingerprint density at radius 3 is 2.72 bits per heavy atom. The van der Waals surface area contributed by atoms with E-state index in [4.69, 9.17) is 4.42 Å². The second kappa shape index (κ2) is 7.95. The van der Waals surface area contributed by atoms with E-state index >= 15 is 0 Å². The van der Waals surface area contributed by atoms with Crippen LogP contribution in [0.25, 0.3) is 0 Å². The van der Waals surface area contributed by atoms with Crippen molar-refractivity contribution in [1.29, 1.82) is 0 Å². The van der Waals surface area contributed by atoms with Crippen LogP contribution in [0.15, 0.2) is 28.0 Å². The highest BCUT2D eigenvalue weighted by Crippen LogP contribution is 2.28. The molecular formula is C17H25N5O2S. The maximum atomic E-state index is 12.2. The number of rotatable bonds is 6. The number of carbonyl (C=O) groups excluding carboxylic acids is 1. The zero-order chi connectivity index (χ0) is 17.8. The van der Waals surface area contributed by atoms with Gasteiger partial charge in [-0.2, -0.15) is 0 Å². The third-order valence-electron chi connectivity index (χ3n) is 4.30. The topological polar surface area (TPSA) is 67.4 Å². The summed E-state index contributed by atoms with van der Waals surface area (Å²) in [6.45, 7) is 4.46. The number of thioether (sulfide) groups is 1. The molecule has 8 heteroatoms. The molecule has 0 saturated carbocycles. The summed E-state index contributed by atoms with van der Waals surface area (Å²) in [4.78, 5) is 16.1. The second-order valence-corrected chi connectivity index (χ2v) is 7.80. The number of hydrogen-bond donors (Lipinski definition) is 0. The van der Waals surface area contributed by atoms with Crippen molar-refractivity contribution in [3.05, 3.63) is 24.2 Å². The normalized spacial score (nSPS) is 16.0. The van der Waals surface area contributed by atoms with Crippen molar-refractivity contribution in [2.24, 2.45) is 0 Å². The first-order valence-corrected chi connectivity index (χ1v) is 9.52. The van der Waals surface area contributed by atoms with E-state index < -0.39 is 0 Å². The van der Waals surface area contributed by atoms with Gasteiger partial charge in [0, 0.05) is 27.2 Å². The number of nitrogens with zero attached hydrogens (tertiary/aromatic N) is 5. The van der Waals surface area contributed by atoms with Crippen molar-refractivity contribution in [2.75, 3.05) is 32.1 Å². The van der Waals surface area contributed by atoms with Crippen molar-refractivity contribution in [2.45, 2.75) is 43.1 Å². The van der Waals surface area contributed by atoms with Crippen LogP contribution in [0.4, 0.5) is 5.95 Å². The van der Waals surface area contributed by atoms with Gasteiger partial charge in [-0.3, -0.25) is 9.36 Å². The fourth-order valence-electron chi connectivity index (χ4n) is 2.96. The lowest BCUT2D eigenvalue weighted by Crippen LogP contribution is -2.32. The smallest absolute Gasteiger partial charge is 0.235 e. The van der Waals surface area contributed by atoms with Crippen LogP contribution in [-0.4, -0.2) is 58.0 Å². The minimum Gasteiger partial charge on any atom is -0.467 e. The number of anilines is 1. The van der Waals surface area contributed by atoms with E-state index in [1.54, 1.807) is 25.3 Å². The van der Waals surface area contributed by atoms with E-state index in [0.717, 1.165) is 30.0 Å². The molecule has 1 aliphatic rings. The first-order chi connectivity index (χ1) is 12.1. The standard InChI is InChI=1S/C17H25N5O2S/c1-13(15(23)20(2)3)25-17-19-18-16(21-9-5-4-6-10-21)22(17)12-14-8-7-11-24-14/h7-8,11,13H,4-6,9-10,12H2,1-3H3. The molecule has 3 heterocycles. The Balaban J connectivity index is 1.86. The van der Waals surface area contributed by atoms with Gasteiger partial charge in [-0.05, 0) is 38.3 Å². The SMILES string of the molecule is CC(Sc1nnc(N2CCCCC2)n1Cc1ccco1)C(=O)N(C)C. The molecule has 2 aromatic heterocycles. The predicted octanol–water partition coefficient (Wildman–Crippen LogP) is 2.48. The minimum absolute atomic E-state index is 0.0667. The third kappa shape index (κ3) is 4.18. The first-order valence-electron chi connectivity index (χ1n) is 8.64. The largest absolute Gasteiger partial charge is 0.467 e. The average Bonchev–Trinajstić information content (AvgIpc) is 3.26. The lowest BCUT2D eigenvalue weighted by atomic mass is 10.1. The fourth-order valence-corrected chi connectivity index (χ4v) is 3.95. The van der Waals surface area contributed by atoms with Crippen LogP contribution in [0.5, 0.6) is 0 Å². The Hall–Kier alpha value is -1.96. The molecule has 7 nitrogen and oxygen atoms in total. The number of furan rings is 1. The molecule has 1 fully saturated rings. The number of amides is 1. The van der Waals surface area contributed by atoms with Crippen molar-refractivity contribution in [3.8, 4) is 0 Å². The van der Waals surface area contributed by atoms with E-state index in [1.807, 2.05) is 19.1 Å². The number of aromatic nitrogens is 3. The van der Waals surface area contributed by atoms with Gasteiger partial charge in [0.05, 0.1) is 18.1 Å². The minimum atomic E-state index is -0.219. The van der Waals surface area contributed by atoms with Crippen LogP contribution in [0.1, 0.15) is 31.9 Å². The summed E-state index contributed by atoms with van der Waals surface area (Å²) < 4.78 is 7.58. The van der Waals surface area contributed by atoms with Gasteiger partial charge in [-0.15, -0.1) is 10.2 Å². The number of carbonyl (C=O) groups is 1. The quantitative estimate of drug-likeness (QED) is 0.735. The predicted molar refractivity (Wildman–Crippen MR) is 97.9 cm³/mol. The highest BCUT2D eigenvalue weighted by molar-refractivity contribution is 8.00. The molecule has 136 valence electrons. The molecule has 2 aromatic rings. The van der Waals surface area contributed by atoms with E-state index in [2.05, 4.69) is 19.7 Å². The summed E-state index contributed by atoms with van der Waals surface area (Å²) in [6.07, 6.45) is 5.28. The van der Waals surface area contributed by atoms with Gasteiger partial charge < -0.3 is 14.2 Å². The van der Waals surface area contributed by atoms with Gasteiger partial charge >= 0.3 is 0 Å². The Bertz CT molecular complexity index is 692. The molecule has 0 radical (unpaired) electrons. The summed E-state index contributed by atoms with van der Waals surface area (Å²) in [7, 11) is 3.54. The zero-order valence-corrected chi connectivity index (χ0v) is 15.8. The van der Waals surface area contributed by atoms with Gasteiger partial charge in [0.15, 0.2) is 5.16 Å². The van der Waals surface area contributed by atoms with Crippen LogP contribution in [0, 0.1) is 0 Å². The maximum absolute atomic E-state index is 12.2. The molecule has 25 heavy (non-hydrogen) atoms. The molecule has 0 aromatic carbocycles. The van der Waals surface area contributed by atoms with Gasteiger partial charge in [0.2, 0.25) is 11.9 Å². The number of piperidine rings is 1. The summed E-state index contributed by atoms with van der Waals surface area (Å²) >= 11 is 1.44. The lowest BCUT2D eigenvalue weighted by molar-refractivity contribution is -0.127. The Labute approximate surface area is 152 Å². The first kappa shape index (κ1) is 17.8. The Morgan fingerprint density at radius 2 is 2.08 bits per heavy atom. The van der Waals surface area contributed by atoms with Crippen molar-refractivity contribution in [1.82, 2.24) is 19.7 Å². The highest BCUT2D eigenvalue weighted by atomic mass is 32.2. The van der Waals surface area contributed by atoms with E-state index in [-0.39, 0.29) is 11.2 Å².